The molecule has 320 valence electrons. The molecular weight excluding hydrogens is 877 g/mol. The summed E-state index contributed by atoms with van der Waals surface area (Å²) < 4.78 is 358. The number of aryl methyl sites for hydroxylation is 2. The maximum absolute atomic E-state index is 14.1. The lowest BCUT2D eigenvalue weighted by atomic mass is 9.91. The Morgan fingerprint density at radius 2 is 0.536 bits per heavy atom. The first-order valence-electron chi connectivity index (χ1n) is 14.1. The third kappa shape index (κ3) is 7.81. The Balaban J connectivity index is 2.19. The van der Waals surface area contributed by atoms with Gasteiger partial charge in [0.05, 0.1) is 0 Å². The second-order valence-electron chi connectivity index (χ2n) is 11.6. The predicted octanol–water partition coefficient (Wildman–Crippen LogP) is 11.8. The minimum atomic E-state index is -8.10. The Hall–Kier alpha value is -3.28. The standard InChI is InChI=1S/C28H16F26OP/c29-17(30,19(33,34)21(37,38)23(41,42)25(45,46)27(49,50)51)11-9-13-1-5-15(6-2-13)56(55)16-7-3-14(4-8-16)10-12-18(31,32)20(35,36)22(39,40)24(43,44)26(47,48)28(52,53)54/h1-8H,9-12H2/q+1. The second kappa shape index (κ2) is 14.5. The van der Waals surface area contributed by atoms with Crippen molar-refractivity contribution in [1.29, 1.82) is 0 Å². The van der Waals surface area contributed by atoms with Gasteiger partial charge in [0.25, 0.3) is 0 Å². The van der Waals surface area contributed by atoms with E-state index in [1.807, 2.05) is 0 Å². The minimum Gasteiger partial charge on any atom is -0.200 e. The molecule has 2 rings (SSSR count). The van der Waals surface area contributed by atoms with Crippen LogP contribution in [0.15, 0.2) is 48.5 Å². The van der Waals surface area contributed by atoms with E-state index >= 15 is 0 Å². The van der Waals surface area contributed by atoms with Gasteiger partial charge in [-0.15, -0.1) is 0 Å². The van der Waals surface area contributed by atoms with Gasteiger partial charge in [-0.1, -0.05) is 28.8 Å². The van der Waals surface area contributed by atoms with Crippen molar-refractivity contribution in [1.82, 2.24) is 0 Å². The summed E-state index contributed by atoms with van der Waals surface area (Å²) in [5.74, 6) is -75.9. The zero-order valence-corrected chi connectivity index (χ0v) is 27.0. The van der Waals surface area contributed by atoms with Gasteiger partial charge < -0.3 is 0 Å². The molecule has 1 nitrogen and oxygen atoms in total. The second-order valence-corrected chi connectivity index (χ2v) is 13.2. The van der Waals surface area contributed by atoms with E-state index in [1.165, 1.54) is 0 Å². The number of benzene rings is 2. The normalized spacial score (nSPS) is 15.3. The zero-order chi connectivity index (χ0) is 44.4. The van der Waals surface area contributed by atoms with E-state index in [0.717, 1.165) is 24.3 Å². The maximum Gasteiger partial charge on any atom is 0.460 e. The van der Waals surface area contributed by atoms with Crippen molar-refractivity contribution in [3.05, 3.63) is 59.7 Å². The third-order valence-electron chi connectivity index (χ3n) is 7.79. The fourth-order valence-electron chi connectivity index (χ4n) is 4.27. The van der Waals surface area contributed by atoms with Gasteiger partial charge in [-0.3, -0.25) is 0 Å². The monoisotopic (exact) mass is 893 g/mol. The van der Waals surface area contributed by atoms with E-state index in [1.54, 1.807) is 0 Å². The van der Waals surface area contributed by atoms with Crippen LogP contribution in [0, 0.1) is 0 Å². The molecule has 56 heavy (non-hydrogen) atoms. The van der Waals surface area contributed by atoms with E-state index in [2.05, 4.69) is 0 Å². The first-order valence-corrected chi connectivity index (χ1v) is 15.4. The lowest BCUT2D eigenvalue weighted by molar-refractivity contribution is -0.440. The van der Waals surface area contributed by atoms with Gasteiger partial charge in [0.2, 0.25) is 0 Å². The molecule has 0 saturated heterocycles. The summed E-state index contributed by atoms with van der Waals surface area (Å²) >= 11 is 0. The Labute approximate surface area is 294 Å². The summed E-state index contributed by atoms with van der Waals surface area (Å²) in [4.78, 5) is 0. The van der Waals surface area contributed by atoms with Crippen LogP contribution in [0.1, 0.15) is 24.0 Å². The van der Waals surface area contributed by atoms with E-state index < -0.39 is 116 Å². The van der Waals surface area contributed by atoms with Crippen LogP contribution in [0.3, 0.4) is 0 Å². The van der Waals surface area contributed by atoms with Gasteiger partial charge in [-0.25, -0.2) is 0 Å². The van der Waals surface area contributed by atoms with Crippen molar-refractivity contribution >= 4 is 18.4 Å². The predicted molar refractivity (Wildman–Crippen MR) is 138 cm³/mol. The lowest BCUT2D eigenvalue weighted by Crippen LogP contribution is -2.70. The van der Waals surface area contributed by atoms with Crippen LogP contribution in [0.2, 0.25) is 0 Å². The molecule has 28 heteroatoms. The molecule has 2 aromatic carbocycles. The molecule has 0 aliphatic rings. The van der Waals surface area contributed by atoms with Gasteiger partial charge in [-0.2, -0.15) is 114 Å². The first kappa shape index (κ1) is 48.9. The number of halogens is 26. The van der Waals surface area contributed by atoms with Gasteiger partial charge in [0.15, 0.2) is 10.6 Å². The van der Waals surface area contributed by atoms with Crippen molar-refractivity contribution < 1.29 is 119 Å². The largest absolute Gasteiger partial charge is 0.460 e. The molecule has 0 heterocycles. The molecule has 0 aliphatic carbocycles. The summed E-state index contributed by atoms with van der Waals surface area (Å²) in [7, 11) is -2.87. The van der Waals surface area contributed by atoms with Crippen LogP contribution in [0.25, 0.3) is 0 Å². The highest BCUT2D eigenvalue weighted by molar-refractivity contribution is 7.61. The molecule has 0 N–H and O–H groups in total. The minimum absolute atomic E-state index is 0.348. The van der Waals surface area contributed by atoms with Crippen LogP contribution in [0.5, 0.6) is 0 Å². The average molecular weight is 893 g/mol. The number of alkyl halides is 26. The first-order chi connectivity index (χ1) is 24.5. The highest BCUT2D eigenvalue weighted by Gasteiger charge is 2.92. The molecule has 0 aliphatic heterocycles. The molecule has 0 amide bonds. The SMILES string of the molecule is O=[P+](c1ccc(CCC(F)(F)C(F)(F)C(F)(F)C(F)(F)C(F)(F)C(F)(F)F)cc1)c1ccc(CCC(F)(F)C(F)(F)C(F)(F)C(F)(F)C(F)(F)C(F)(F)F)cc1. The van der Waals surface area contributed by atoms with Crippen molar-refractivity contribution in [3.63, 3.8) is 0 Å². The highest BCUT2D eigenvalue weighted by atomic mass is 31.1. The molecule has 0 unspecified atom stereocenters. The van der Waals surface area contributed by atoms with Crippen LogP contribution in [-0.4, -0.2) is 71.6 Å². The summed E-state index contributed by atoms with van der Waals surface area (Å²) in [6.45, 7) is 0. The quantitative estimate of drug-likeness (QED) is 0.121. The van der Waals surface area contributed by atoms with Crippen LogP contribution in [-0.2, 0) is 17.4 Å². The van der Waals surface area contributed by atoms with E-state index in [9.17, 15) is 119 Å². The third-order valence-corrected chi connectivity index (χ3v) is 9.33. The summed E-state index contributed by atoms with van der Waals surface area (Å²) in [6.07, 6.45) is -23.3. The smallest absolute Gasteiger partial charge is 0.200 e. The van der Waals surface area contributed by atoms with Crippen molar-refractivity contribution in [3.8, 4) is 0 Å². The Morgan fingerprint density at radius 3 is 0.750 bits per heavy atom. The molecule has 0 bridgehead atoms. The summed E-state index contributed by atoms with van der Waals surface area (Å²) in [5.41, 5.74) is -1.16. The average Bonchev–Trinajstić information content (AvgIpc) is 3.04. The van der Waals surface area contributed by atoms with Crippen LogP contribution >= 0.6 is 7.80 Å². The maximum atomic E-state index is 14.1. The Kier molecular flexibility index (Phi) is 12.7. The summed E-state index contributed by atoms with van der Waals surface area (Å²) in [5, 5.41) is -0.696. The molecule has 0 saturated carbocycles. The zero-order valence-electron chi connectivity index (χ0n) is 26.1. The van der Waals surface area contributed by atoms with Gasteiger partial charge >= 0.3 is 79.4 Å². The molecule has 2 aromatic rings. The topological polar surface area (TPSA) is 17.1 Å². The number of rotatable bonds is 16. The van der Waals surface area contributed by atoms with E-state index in [0.29, 0.717) is 24.3 Å². The Morgan fingerprint density at radius 1 is 0.321 bits per heavy atom. The molecule has 0 radical (unpaired) electrons. The molecular formula is C28H16F26OP+. The number of hydrogen-bond donors (Lipinski definition) is 0. The van der Waals surface area contributed by atoms with Gasteiger partial charge in [-0.05, 0) is 48.2 Å². The number of hydrogen-bond acceptors (Lipinski definition) is 1. The fourth-order valence-corrected chi connectivity index (χ4v) is 5.40. The molecule has 0 spiro atoms. The van der Waals surface area contributed by atoms with Crippen molar-refractivity contribution in [2.45, 2.75) is 97.3 Å². The van der Waals surface area contributed by atoms with Crippen LogP contribution < -0.4 is 10.6 Å². The fraction of sp³-hybridized carbons (Fsp3) is 0.571. The van der Waals surface area contributed by atoms with Crippen molar-refractivity contribution in [2.24, 2.45) is 0 Å². The van der Waals surface area contributed by atoms with E-state index in [-0.39, 0.29) is 10.6 Å². The molecule has 0 atom stereocenters. The summed E-state index contributed by atoms with van der Waals surface area (Å²) in [6, 6.07) is 5.59. The molecule has 0 aromatic heterocycles. The molecule has 0 fully saturated rings. The van der Waals surface area contributed by atoms with Crippen molar-refractivity contribution in [2.75, 3.05) is 0 Å². The lowest BCUT2D eigenvalue weighted by Gasteiger charge is -2.39. The van der Waals surface area contributed by atoms with E-state index in [4.69, 9.17) is 0 Å². The van der Waals surface area contributed by atoms with Crippen LogP contribution in [0.4, 0.5) is 114 Å². The Bertz CT molecular complexity index is 1560. The van der Waals surface area contributed by atoms with Gasteiger partial charge in [0, 0.05) is 12.8 Å². The highest BCUT2D eigenvalue weighted by Crippen LogP contribution is 2.62. The van der Waals surface area contributed by atoms with Gasteiger partial charge in [0.1, 0.15) is 0 Å².